The van der Waals surface area contributed by atoms with Crippen LogP contribution in [0.3, 0.4) is 0 Å². The zero-order chi connectivity index (χ0) is 14.6. The molecule has 2 rings (SSSR count). The number of alkyl halides is 3. The van der Waals surface area contributed by atoms with E-state index in [4.69, 9.17) is 4.74 Å². The lowest BCUT2D eigenvalue weighted by molar-refractivity contribution is -0.272. The van der Waals surface area contributed by atoms with Crippen molar-refractivity contribution >= 4 is 0 Å². The lowest BCUT2D eigenvalue weighted by Gasteiger charge is -2.39. The fourth-order valence-corrected chi connectivity index (χ4v) is 2.24. The maximum atomic E-state index is 12.6. The van der Waals surface area contributed by atoms with E-state index in [1.165, 1.54) is 0 Å². The Kier molecular flexibility index (Phi) is 4.55. The molecule has 0 aliphatic carbocycles. The molecule has 1 aliphatic rings. The summed E-state index contributed by atoms with van der Waals surface area (Å²) in [6.07, 6.45) is -5.09. The highest BCUT2D eigenvalue weighted by Crippen LogP contribution is 2.38. The van der Waals surface area contributed by atoms with Crippen LogP contribution in [0.25, 0.3) is 0 Å². The Hall–Kier alpha value is -1.27. The molecule has 0 unspecified atom stereocenters. The average Bonchev–Trinajstić information content (AvgIpc) is 2.41. The fourth-order valence-electron chi connectivity index (χ4n) is 2.24. The number of rotatable bonds is 4. The summed E-state index contributed by atoms with van der Waals surface area (Å²) in [6, 6.07) is 9.27. The molecular weight excluding hydrogens is 271 g/mol. The molecule has 0 radical (unpaired) electrons. The van der Waals surface area contributed by atoms with Gasteiger partial charge in [0.2, 0.25) is 0 Å². The fraction of sp³-hybridized carbons (Fsp3) is 0.571. The Morgan fingerprint density at radius 2 is 1.75 bits per heavy atom. The van der Waals surface area contributed by atoms with Gasteiger partial charge in [0, 0.05) is 19.6 Å². The van der Waals surface area contributed by atoms with Crippen molar-refractivity contribution in [2.75, 3.05) is 26.2 Å². The van der Waals surface area contributed by atoms with Crippen molar-refractivity contribution < 1.29 is 23.0 Å². The largest absolute Gasteiger partial charge is 0.492 e. The van der Waals surface area contributed by atoms with Gasteiger partial charge in [-0.1, -0.05) is 18.2 Å². The molecule has 0 bridgehead atoms. The summed E-state index contributed by atoms with van der Waals surface area (Å²) in [5.74, 6) is 0.747. The molecule has 1 heterocycles. The van der Waals surface area contributed by atoms with Gasteiger partial charge in [-0.25, -0.2) is 0 Å². The van der Waals surface area contributed by atoms with E-state index in [0.29, 0.717) is 13.2 Å². The average molecular weight is 289 g/mol. The number of para-hydroxylation sites is 1. The van der Waals surface area contributed by atoms with Crippen molar-refractivity contribution in [3.05, 3.63) is 30.3 Å². The van der Waals surface area contributed by atoms with Gasteiger partial charge in [0.1, 0.15) is 12.4 Å². The highest BCUT2D eigenvalue weighted by atomic mass is 19.4. The molecule has 3 nitrogen and oxygen atoms in total. The van der Waals surface area contributed by atoms with Crippen molar-refractivity contribution in [2.45, 2.75) is 24.6 Å². The second-order valence-electron chi connectivity index (χ2n) is 5.03. The highest BCUT2D eigenvalue weighted by molar-refractivity contribution is 5.20. The lowest BCUT2D eigenvalue weighted by Crippen LogP contribution is -2.53. The summed E-state index contributed by atoms with van der Waals surface area (Å²) in [5, 5.41) is 9.55. The van der Waals surface area contributed by atoms with Gasteiger partial charge in [-0.05, 0) is 25.0 Å². The first-order chi connectivity index (χ1) is 9.41. The van der Waals surface area contributed by atoms with E-state index in [9.17, 15) is 18.3 Å². The van der Waals surface area contributed by atoms with Crippen LogP contribution < -0.4 is 4.74 Å². The van der Waals surface area contributed by atoms with Crippen molar-refractivity contribution in [3.8, 4) is 5.75 Å². The maximum Gasteiger partial charge on any atom is 0.417 e. The van der Waals surface area contributed by atoms with Crippen LogP contribution in [0.4, 0.5) is 13.2 Å². The minimum Gasteiger partial charge on any atom is -0.492 e. The van der Waals surface area contributed by atoms with Crippen LogP contribution in [0.1, 0.15) is 12.8 Å². The minimum atomic E-state index is -4.54. The van der Waals surface area contributed by atoms with Crippen LogP contribution in [-0.4, -0.2) is 48.0 Å². The molecule has 0 aromatic heterocycles. The molecule has 1 aromatic rings. The monoisotopic (exact) mass is 289 g/mol. The molecule has 20 heavy (non-hydrogen) atoms. The number of piperidine rings is 1. The van der Waals surface area contributed by atoms with E-state index < -0.39 is 11.8 Å². The number of halogens is 3. The molecule has 1 aromatic carbocycles. The molecule has 6 heteroatoms. The molecule has 1 N–H and O–H groups in total. The van der Waals surface area contributed by atoms with Gasteiger partial charge < -0.3 is 9.84 Å². The predicted molar refractivity (Wildman–Crippen MR) is 68.6 cm³/mol. The van der Waals surface area contributed by atoms with E-state index >= 15 is 0 Å². The van der Waals surface area contributed by atoms with E-state index in [0.717, 1.165) is 5.75 Å². The summed E-state index contributed by atoms with van der Waals surface area (Å²) in [6.45, 7) is 1.44. The topological polar surface area (TPSA) is 32.7 Å². The van der Waals surface area contributed by atoms with Crippen LogP contribution in [-0.2, 0) is 0 Å². The number of likely N-dealkylation sites (tertiary alicyclic amines) is 1. The number of hydrogen-bond acceptors (Lipinski definition) is 3. The molecule has 0 atom stereocenters. The zero-order valence-electron chi connectivity index (χ0n) is 11.1. The number of benzene rings is 1. The zero-order valence-corrected chi connectivity index (χ0v) is 11.1. The van der Waals surface area contributed by atoms with Gasteiger partial charge in [-0.2, -0.15) is 13.2 Å². The van der Waals surface area contributed by atoms with Gasteiger partial charge in [-0.15, -0.1) is 0 Å². The van der Waals surface area contributed by atoms with E-state index in [-0.39, 0.29) is 25.9 Å². The maximum absolute atomic E-state index is 12.6. The number of nitrogens with zero attached hydrogens (tertiary/aromatic N) is 1. The van der Waals surface area contributed by atoms with Crippen molar-refractivity contribution in [1.82, 2.24) is 4.90 Å². The van der Waals surface area contributed by atoms with E-state index in [2.05, 4.69) is 0 Å². The Labute approximate surface area is 116 Å². The number of ether oxygens (including phenoxy) is 1. The van der Waals surface area contributed by atoms with Crippen LogP contribution in [0, 0.1) is 0 Å². The molecular formula is C14H18F3NO2. The molecule has 0 amide bonds. The second kappa shape index (κ2) is 6.01. The third kappa shape index (κ3) is 3.64. The van der Waals surface area contributed by atoms with Crippen molar-refractivity contribution in [2.24, 2.45) is 0 Å². The molecule has 1 aliphatic heterocycles. The lowest BCUT2D eigenvalue weighted by atomic mass is 9.91. The molecule has 1 fully saturated rings. The number of hydrogen-bond donors (Lipinski definition) is 1. The Balaban J connectivity index is 1.73. The van der Waals surface area contributed by atoms with Gasteiger partial charge >= 0.3 is 6.18 Å². The Bertz CT molecular complexity index is 414. The third-order valence-corrected chi connectivity index (χ3v) is 3.63. The first-order valence-electron chi connectivity index (χ1n) is 6.60. The van der Waals surface area contributed by atoms with Crippen molar-refractivity contribution in [1.29, 1.82) is 0 Å². The molecule has 1 saturated heterocycles. The van der Waals surface area contributed by atoms with Crippen molar-refractivity contribution in [3.63, 3.8) is 0 Å². The summed E-state index contributed by atoms with van der Waals surface area (Å²) < 4.78 is 43.4. The summed E-state index contributed by atoms with van der Waals surface area (Å²) in [7, 11) is 0. The van der Waals surface area contributed by atoms with Gasteiger partial charge in [-0.3, -0.25) is 4.90 Å². The first-order valence-corrected chi connectivity index (χ1v) is 6.60. The van der Waals surface area contributed by atoms with Crippen LogP contribution in [0.2, 0.25) is 0 Å². The summed E-state index contributed by atoms with van der Waals surface area (Å²) in [5.41, 5.74) is -2.52. The first kappa shape index (κ1) is 15.1. The SMILES string of the molecule is OC1(C(F)(F)F)CCN(CCOc2ccccc2)CC1. The van der Waals surface area contributed by atoms with E-state index in [1.54, 1.807) is 0 Å². The van der Waals surface area contributed by atoms with Crippen LogP contribution in [0.5, 0.6) is 5.75 Å². The summed E-state index contributed by atoms with van der Waals surface area (Å²) >= 11 is 0. The highest BCUT2D eigenvalue weighted by Gasteiger charge is 2.54. The van der Waals surface area contributed by atoms with Crippen LogP contribution in [0.15, 0.2) is 30.3 Å². The standard InChI is InChI=1S/C14H18F3NO2/c15-14(16,17)13(19)6-8-18(9-7-13)10-11-20-12-4-2-1-3-5-12/h1-5,19H,6-11H2. The third-order valence-electron chi connectivity index (χ3n) is 3.63. The molecule has 0 spiro atoms. The minimum absolute atomic E-state index is 0.230. The normalized spacial score (nSPS) is 19.8. The molecule has 112 valence electrons. The number of aliphatic hydroxyl groups is 1. The molecule has 0 saturated carbocycles. The van der Waals surface area contributed by atoms with Crippen LogP contribution >= 0.6 is 0 Å². The Morgan fingerprint density at radius 3 is 2.30 bits per heavy atom. The van der Waals surface area contributed by atoms with Gasteiger partial charge in [0.25, 0.3) is 0 Å². The Morgan fingerprint density at radius 1 is 1.15 bits per heavy atom. The smallest absolute Gasteiger partial charge is 0.417 e. The van der Waals surface area contributed by atoms with Gasteiger partial charge in [0.05, 0.1) is 0 Å². The van der Waals surface area contributed by atoms with E-state index in [1.807, 2.05) is 35.2 Å². The summed E-state index contributed by atoms with van der Waals surface area (Å²) in [4.78, 5) is 1.88. The second-order valence-corrected chi connectivity index (χ2v) is 5.03. The van der Waals surface area contributed by atoms with Gasteiger partial charge in [0.15, 0.2) is 5.60 Å². The quantitative estimate of drug-likeness (QED) is 0.924. The predicted octanol–water partition coefficient (Wildman–Crippen LogP) is 2.45.